The van der Waals surface area contributed by atoms with Gasteiger partial charge in [0.25, 0.3) is 0 Å². The number of thiazole rings is 1. The summed E-state index contributed by atoms with van der Waals surface area (Å²) in [7, 11) is 2.11. The Bertz CT molecular complexity index is 312. The average Bonchev–Trinajstić information content (AvgIpc) is 2.74. The molecule has 0 atom stereocenters. The molecule has 0 aliphatic rings. The summed E-state index contributed by atoms with van der Waals surface area (Å²) in [5.41, 5.74) is 0. The highest BCUT2D eigenvalue weighted by atomic mass is 32.2. The van der Waals surface area contributed by atoms with Crippen LogP contribution in [-0.2, 0) is 6.54 Å². The van der Waals surface area contributed by atoms with Gasteiger partial charge >= 0.3 is 0 Å². The SMILES string of the molecule is CSCCN(C)c1ncc(CNCC(C)C)s1. The Kier molecular flexibility index (Phi) is 6.92. The fraction of sp³-hybridized carbons (Fsp3) is 0.750. The lowest BCUT2D eigenvalue weighted by Gasteiger charge is -2.14. The van der Waals surface area contributed by atoms with E-state index in [1.165, 1.54) is 4.88 Å². The van der Waals surface area contributed by atoms with Crippen LogP contribution in [0.5, 0.6) is 0 Å². The van der Waals surface area contributed by atoms with Gasteiger partial charge in [0.05, 0.1) is 0 Å². The van der Waals surface area contributed by atoms with Crippen molar-refractivity contribution in [1.29, 1.82) is 0 Å². The summed E-state index contributed by atoms with van der Waals surface area (Å²) in [6, 6.07) is 0. The summed E-state index contributed by atoms with van der Waals surface area (Å²) < 4.78 is 0. The molecule has 0 bridgehead atoms. The molecular formula is C12H23N3S2. The Morgan fingerprint density at radius 1 is 1.53 bits per heavy atom. The van der Waals surface area contributed by atoms with Crippen LogP contribution in [0.1, 0.15) is 18.7 Å². The zero-order valence-electron chi connectivity index (χ0n) is 11.2. The fourth-order valence-corrected chi connectivity index (χ4v) is 2.69. The third-order valence-corrected chi connectivity index (χ3v) is 4.05. The highest BCUT2D eigenvalue weighted by Gasteiger charge is 2.06. The van der Waals surface area contributed by atoms with Crippen molar-refractivity contribution in [3.8, 4) is 0 Å². The van der Waals surface area contributed by atoms with E-state index in [4.69, 9.17) is 0 Å². The van der Waals surface area contributed by atoms with Gasteiger partial charge in [-0.25, -0.2) is 4.98 Å². The van der Waals surface area contributed by atoms with Crippen LogP contribution in [0.25, 0.3) is 0 Å². The molecule has 98 valence electrons. The molecule has 0 aromatic carbocycles. The lowest BCUT2D eigenvalue weighted by Crippen LogP contribution is -2.19. The topological polar surface area (TPSA) is 28.2 Å². The summed E-state index contributed by atoms with van der Waals surface area (Å²) in [5, 5.41) is 4.57. The van der Waals surface area contributed by atoms with Crippen molar-refractivity contribution < 1.29 is 0 Å². The molecule has 1 rings (SSSR count). The fourth-order valence-electron chi connectivity index (χ4n) is 1.36. The van der Waals surface area contributed by atoms with E-state index in [-0.39, 0.29) is 0 Å². The smallest absolute Gasteiger partial charge is 0.185 e. The molecule has 0 unspecified atom stereocenters. The molecule has 17 heavy (non-hydrogen) atoms. The lowest BCUT2D eigenvalue weighted by molar-refractivity contribution is 0.554. The third-order valence-electron chi connectivity index (χ3n) is 2.35. The van der Waals surface area contributed by atoms with E-state index in [1.54, 1.807) is 11.3 Å². The highest BCUT2D eigenvalue weighted by Crippen LogP contribution is 2.21. The van der Waals surface area contributed by atoms with E-state index < -0.39 is 0 Å². The van der Waals surface area contributed by atoms with E-state index in [1.807, 2.05) is 18.0 Å². The number of anilines is 1. The summed E-state index contributed by atoms with van der Waals surface area (Å²) in [6.45, 7) is 7.51. The summed E-state index contributed by atoms with van der Waals surface area (Å²) in [6.07, 6.45) is 4.12. The molecule has 1 aromatic rings. The molecule has 1 N–H and O–H groups in total. The number of aromatic nitrogens is 1. The van der Waals surface area contributed by atoms with Gasteiger partial charge < -0.3 is 10.2 Å². The quantitative estimate of drug-likeness (QED) is 0.788. The third kappa shape index (κ3) is 5.75. The lowest BCUT2D eigenvalue weighted by atomic mass is 10.2. The molecular weight excluding hydrogens is 250 g/mol. The first kappa shape index (κ1) is 14.8. The molecule has 0 fully saturated rings. The second-order valence-electron chi connectivity index (χ2n) is 4.55. The molecule has 0 radical (unpaired) electrons. The van der Waals surface area contributed by atoms with Gasteiger partial charge in [0.15, 0.2) is 5.13 Å². The van der Waals surface area contributed by atoms with Gasteiger partial charge in [0, 0.05) is 37.0 Å². The van der Waals surface area contributed by atoms with Crippen molar-refractivity contribution >= 4 is 28.2 Å². The number of hydrogen-bond acceptors (Lipinski definition) is 5. The Balaban J connectivity index is 2.36. The van der Waals surface area contributed by atoms with E-state index in [2.05, 4.69) is 42.4 Å². The number of rotatable bonds is 8. The zero-order chi connectivity index (χ0) is 12.7. The van der Waals surface area contributed by atoms with Crippen molar-refractivity contribution in [2.45, 2.75) is 20.4 Å². The monoisotopic (exact) mass is 273 g/mol. The Morgan fingerprint density at radius 3 is 2.94 bits per heavy atom. The predicted molar refractivity (Wildman–Crippen MR) is 80.3 cm³/mol. The minimum absolute atomic E-state index is 0.701. The first-order chi connectivity index (χ1) is 8.13. The number of thioether (sulfide) groups is 1. The molecule has 3 nitrogen and oxygen atoms in total. The Hall–Kier alpha value is -0.260. The van der Waals surface area contributed by atoms with Gasteiger partial charge in [-0.05, 0) is 18.7 Å². The molecule has 0 spiro atoms. The van der Waals surface area contributed by atoms with Crippen molar-refractivity contribution in [3.63, 3.8) is 0 Å². The molecule has 0 saturated heterocycles. The van der Waals surface area contributed by atoms with Crippen LogP contribution < -0.4 is 10.2 Å². The maximum Gasteiger partial charge on any atom is 0.185 e. The van der Waals surface area contributed by atoms with E-state index in [0.717, 1.165) is 30.5 Å². The van der Waals surface area contributed by atoms with E-state index in [9.17, 15) is 0 Å². The Morgan fingerprint density at radius 2 is 2.29 bits per heavy atom. The van der Waals surface area contributed by atoms with Gasteiger partial charge in [-0.15, -0.1) is 11.3 Å². The van der Waals surface area contributed by atoms with Crippen LogP contribution in [-0.4, -0.2) is 37.1 Å². The van der Waals surface area contributed by atoms with Crippen LogP contribution in [0.4, 0.5) is 5.13 Å². The summed E-state index contributed by atoms with van der Waals surface area (Å²) >= 11 is 3.66. The van der Waals surface area contributed by atoms with Crippen LogP contribution in [0.3, 0.4) is 0 Å². The molecule has 0 aliphatic heterocycles. The van der Waals surface area contributed by atoms with Gasteiger partial charge in [-0.3, -0.25) is 0 Å². The zero-order valence-corrected chi connectivity index (χ0v) is 12.8. The van der Waals surface area contributed by atoms with Crippen LogP contribution in [0.2, 0.25) is 0 Å². The van der Waals surface area contributed by atoms with Crippen molar-refractivity contribution in [2.24, 2.45) is 5.92 Å². The highest BCUT2D eigenvalue weighted by molar-refractivity contribution is 7.98. The molecule has 1 aromatic heterocycles. The molecule has 0 aliphatic carbocycles. The Labute approximate surface area is 113 Å². The first-order valence-corrected chi connectivity index (χ1v) is 8.20. The first-order valence-electron chi connectivity index (χ1n) is 5.99. The minimum Gasteiger partial charge on any atom is -0.350 e. The summed E-state index contributed by atoms with van der Waals surface area (Å²) in [4.78, 5) is 8.01. The number of hydrogen-bond donors (Lipinski definition) is 1. The second kappa shape index (κ2) is 7.95. The molecule has 0 amide bonds. The van der Waals surface area contributed by atoms with Gasteiger partial charge in [0.1, 0.15) is 0 Å². The van der Waals surface area contributed by atoms with Crippen molar-refractivity contribution in [2.75, 3.05) is 37.0 Å². The van der Waals surface area contributed by atoms with Gasteiger partial charge in [-0.2, -0.15) is 11.8 Å². The standard InChI is InChI=1S/C12H23N3S2/c1-10(2)7-13-8-11-9-14-12(17-11)15(3)5-6-16-4/h9-10,13H,5-8H2,1-4H3. The van der Waals surface area contributed by atoms with Crippen LogP contribution >= 0.6 is 23.1 Å². The van der Waals surface area contributed by atoms with E-state index >= 15 is 0 Å². The maximum absolute atomic E-state index is 4.46. The van der Waals surface area contributed by atoms with Crippen LogP contribution in [0, 0.1) is 5.92 Å². The maximum atomic E-state index is 4.46. The van der Waals surface area contributed by atoms with Gasteiger partial charge in [0.2, 0.25) is 0 Å². The number of nitrogens with one attached hydrogen (secondary N) is 1. The van der Waals surface area contributed by atoms with Gasteiger partial charge in [-0.1, -0.05) is 13.8 Å². The molecule has 5 heteroatoms. The van der Waals surface area contributed by atoms with Crippen LogP contribution in [0.15, 0.2) is 6.20 Å². The van der Waals surface area contributed by atoms with E-state index in [0.29, 0.717) is 5.92 Å². The molecule has 1 heterocycles. The summed E-state index contributed by atoms with van der Waals surface area (Å²) in [5.74, 6) is 1.85. The number of nitrogens with zero attached hydrogens (tertiary/aromatic N) is 2. The normalized spacial score (nSPS) is 11.1. The second-order valence-corrected chi connectivity index (χ2v) is 6.63. The largest absolute Gasteiger partial charge is 0.350 e. The van der Waals surface area contributed by atoms with Crippen molar-refractivity contribution in [1.82, 2.24) is 10.3 Å². The average molecular weight is 273 g/mol. The van der Waals surface area contributed by atoms with Crippen molar-refractivity contribution in [3.05, 3.63) is 11.1 Å². The molecule has 0 saturated carbocycles. The minimum atomic E-state index is 0.701. The predicted octanol–water partition coefficient (Wildman–Crippen LogP) is 2.69.